The van der Waals surface area contributed by atoms with Crippen LogP contribution < -0.4 is 22.5 Å². The molecular weight excluding hydrogens is 535 g/mol. The van der Waals surface area contributed by atoms with Crippen molar-refractivity contribution in [2.45, 2.75) is 43.9 Å². The van der Waals surface area contributed by atoms with E-state index in [1.807, 2.05) is 0 Å². The van der Waals surface area contributed by atoms with E-state index in [0.29, 0.717) is 52.6 Å². The fraction of sp³-hybridized carbons (Fsp3) is 0.448. The molecule has 0 fully saturated rings. The molecule has 0 spiro atoms. The van der Waals surface area contributed by atoms with E-state index >= 15 is 0 Å². The van der Waals surface area contributed by atoms with E-state index in [2.05, 4.69) is 22.3 Å². The highest BCUT2D eigenvalue weighted by Crippen LogP contribution is 2.29. The van der Waals surface area contributed by atoms with Crippen LogP contribution in [0, 0.1) is 0 Å². The van der Waals surface area contributed by atoms with Crippen molar-refractivity contribution in [2.24, 2.45) is 17.2 Å². The van der Waals surface area contributed by atoms with Crippen molar-refractivity contribution in [1.82, 2.24) is 15.3 Å². The summed E-state index contributed by atoms with van der Waals surface area (Å²) in [6.07, 6.45) is -0.304. The lowest BCUT2D eigenvalue weighted by molar-refractivity contribution is -0.907. The Bertz CT molecular complexity index is 1300. The molecule has 0 bridgehead atoms. The third-order valence-electron chi connectivity index (χ3n) is 7.23. The minimum Gasteiger partial charge on any atom is -0.345 e. The number of nitrogens with two attached hydrogens (primary N) is 3. The van der Waals surface area contributed by atoms with Crippen LogP contribution >= 0.6 is 0 Å². The fourth-order valence-corrected chi connectivity index (χ4v) is 4.82. The Morgan fingerprint density at radius 3 is 2.15 bits per heavy atom. The lowest BCUT2D eigenvalue weighted by Crippen LogP contribution is -2.52. The van der Waals surface area contributed by atoms with Gasteiger partial charge in [0, 0.05) is 31.9 Å². The number of benzene rings is 2. The van der Waals surface area contributed by atoms with Gasteiger partial charge in [-0.3, -0.25) is 19.6 Å². The van der Waals surface area contributed by atoms with E-state index in [9.17, 15) is 22.8 Å². The zero-order valence-electron chi connectivity index (χ0n) is 23.2. The Kier molecular flexibility index (Phi) is 11.3. The summed E-state index contributed by atoms with van der Waals surface area (Å²) >= 11 is 0. The number of carbonyl (C=O) groups is 2. The van der Waals surface area contributed by atoms with Crippen molar-refractivity contribution in [3.63, 3.8) is 0 Å². The van der Waals surface area contributed by atoms with Gasteiger partial charge in [0.2, 0.25) is 5.91 Å². The Morgan fingerprint density at radius 2 is 1.54 bits per heavy atom. The first kappa shape index (κ1) is 32.1. The predicted molar refractivity (Wildman–Crippen MR) is 151 cm³/mol. The summed E-state index contributed by atoms with van der Waals surface area (Å²) in [6, 6.07) is 7.97. The summed E-state index contributed by atoms with van der Waals surface area (Å²) < 4.78 is 39.8. The second kappa shape index (κ2) is 14.4. The monoisotopic (exact) mass is 574 g/mol. The molecule has 0 unspecified atom stereocenters. The fourth-order valence-electron chi connectivity index (χ4n) is 4.82. The first-order valence-electron chi connectivity index (χ1n) is 13.6. The highest BCUT2D eigenvalue weighted by atomic mass is 19.4. The Hall–Kier alpha value is -3.45. The van der Waals surface area contributed by atoms with Gasteiger partial charge in [0.05, 0.1) is 55.4 Å². The average Bonchev–Trinajstić information content (AvgIpc) is 2.92. The maximum atomic E-state index is 13.4. The van der Waals surface area contributed by atoms with E-state index in [4.69, 9.17) is 17.2 Å². The molecular formula is C29H39F3N7O2+. The van der Waals surface area contributed by atoms with Crippen LogP contribution in [0.15, 0.2) is 54.9 Å². The van der Waals surface area contributed by atoms with Gasteiger partial charge in [-0.05, 0) is 54.7 Å². The Morgan fingerprint density at radius 1 is 0.927 bits per heavy atom. The summed E-state index contributed by atoms with van der Waals surface area (Å²) in [7, 11) is 2.06. The number of alkyl halides is 3. The van der Waals surface area contributed by atoms with E-state index in [1.54, 1.807) is 30.6 Å². The van der Waals surface area contributed by atoms with Gasteiger partial charge in [-0.1, -0.05) is 18.2 Å². The SMILES string of the molecule is C[N+](CCN)(CCN)CCC[C@H](N)C(=O)N[C@@H](Cc1ccc(C(F)(F)F)cc1)C(=O)Cc1ccc2nccnc2c1. The number of Topliss-reactive ketones (excluding diaryl/α,β-unsaturated/α-hetero) is 1. The molecule has 0 aliphatic heterocycles. The van der Waals surface area contributed by atoms with Gasteiger partial charge in [-0.2, -0.15) is 13.2 Å². The number of halogens is 3. The lowest BCUT2D eigenvalue weighted by Gasteiger charge is -2.34. The number of hydrogen-bond acceptors (Lipinski definition) is 7. The molecule has 3 rings (SSSR count). The number of quaternary nitrogens is 1. The molecule has 9 nitrogen and oxygen atoms in total. The molecule has 1 heterocycles. The van der Waals surface area contributed by atoms with E-state index in [1.165, 1.54) is 12.1 Å². The number of likely N-dealkylation sites (N-methyl/N-ethyl adjacent to an activating group) is 1. The second-order valence-electron chi connectivity index (χ2n) is 10.6. The highest BCUT2D eigenvalue weighted by Gasteiger charge is 2.30. The summed E-state index contributed by atoms with van der Waals surface area (Å²) in [5.74, 6) is -0.796. The average molecular weight is 575 g/mol. The van der Waals surface area contributed by atoms with Crippen molar-refractivity contribution in [1.29, 1.82) is 0 Å². The molecule has 0 radical (unpaired) electrons. The minimum atomic E-state index is -4.48. The largest absolute Gasteiger partial charge is 0.416 e. The minimum absolute atomic E-state index is 0.0126. The van der Waals surface area contributed by atoms with Crippen LogP contribution in [0.1, 0.15) is 29.5 Å². The molecule has 222 valence electrons. The van der Waals surface area contributed by atoms with Gasteiger partial charge in [0.1, 0.15) is 0 Å². The van der Waals surface area contributed by atoms with Crippen molar-refractivity contribution < 1.29 is 27.2 Å². The molecule has 0 saturated heterocycles. The number of aromatic nitrogens is 2. The molecule has 1 amide bonds. The van der Waals surface area contributed by atoms with Crippen LogP contribution in [0.2, 0.25) is 0 Å². The summed E-state index contributed by atoms with van der Waals surface area (Å²) in [6.45, 7) is 3.28. The molecule has 7 N–H and O–H groups in total. The van der Waals surface area contributed by atoms with Crippen LogP contribution in [-0.4, -0.2) is 78.0 Å². The Balaban J connectivity index is 1.72. The zero-order valence-corrected chi connectivity index (χ0v) is 23.2. The summed E-state index contributed by atoms with van der Waals surface area (Å²) in [5, 5.41) is 2.76. The summed E-state index contributed by atoms with van der Waals surface area (Å²) in [4.78, 5) is 35.0. The maximum absolute atomic E-state index is 13.4. The van der Waals surface area contributed by atoms with Crippen LogP contribution in [0.5, 0.6) is 0 Å². The van der Waals surface area contributed by atoms with Gasteiger partial charge in [-0.25, -0.2) is 0 Å². The number of ketones is 1. The third-order valence-corrected chi connectivity index (χ3v) is 7.23. The van der Waals surface area contributed by atoms with E-state index in [0.717, 1.165) is 31.8 Å². The second-order valence-corrected chi connectivity index (χ2v) is 10.6. The molecule has 1 aromatic heterocycles. The molecule has 0 aliphatic carbocycles. The predicted octanol–water partition coefficient (Wildman–Crippen LogP) is 1.96. The number of nitrogens with one attached hydrogen (secondary N) is 1. The normalized spacial score (nSPS) is 13.6. The van der Waals surface area contributed by atoms with Gasteiger partial charge in [-0.15, -0.1) is 0 Å². The van der Waals surface area contributed by atoms with Crippen molar-refractivity contribution in [3.05, 3.63) is 71.5 Å². The van der Waals surface area contributed by atoms with Crippen molar-refractivity contribution in [3.8, 4) is 0 Å². The lowest BCUT2D eigenvalue weighted by atomic mass is 9.96. The van der Waals surface area contributed by atoms with Gasteiger partial charge >= 0.3 is 6.18 Å². The van der Waals surface area contributed by atoms with Gasteiger partial charge in [0.25, 0.3) is 0 Å². The molecule has 2 aromatic carbocycles. The number of fused-ring (bicyclic) bond motifs is 1. The molecule has 0 aliphatic rings. The topological polar surface area (TPSA) is 150 Å². The van der Waals surface area contributed by atoms with Crippen LogP contribution in [0.3, 0.4) is 0 Å². The third kappa shape index (κ3) is 9.56. The van der Waals surface area contributed by atoms with Crippen molar-refractivity contribution >= 4 is 22.7 Å². The van der Waals surface area contributed by atoms with Crippen molar-refractivity contribution in [2.75, 3.05) is 39.8 Å². The van der Waals surface area contributed by atoms with E-state index in [-0.39, 0.29) is 18.6 Å². The molecule has 0 saturated carbocycles. The highest BCUT2D eigenvalue weighted by molar-refractivity contribution is 5.92. The van der Waals surface area contributed by atoms with Crippen LogP contribution in [-0.2, 0) is 28.6 Å². The quantitative estimate of drug-likeness (QED) is 0.203. The van der Waals surface area contributed by atoms with E-state index < -0.39 is 29.7 Å². The van der Waals surface area contributed by atoms with Gasteiger partial charge in [0.15, 0.2) is 5.78 Å². The molecule has 3 aromatic rings. The molecule has 41 heavy (non-hydrogen) atoms. The zero-order chi connectivity index (χ0) is 30.0. The first-order chi connectivity index (χ1) is 19.4. The van der Waals surface area contributed by atoms with Crippen LogP contribution in [0.4, 0.5) is 13.2 Å². The maximum Gasteiger partial charge on any atom is 0.416 e. The number of rotatable bonds is 15. The van der Waals surface area contributed by atoms with Crippen LogP contribution in [0.25, 0.3) is 11.0 Å². The standard InChI is InChI=1S/C29H38F3N7O2/c1-39(15-10-33,16-11-34)14-2-3-23(35)28(41)38-26(17-20-4-7-22(8-5-20)29(30,31)32)27(40)19-21-6-9-24-25(18-21)37-13-12-36-24/h4-9,12-13,18,23,26H,2-3,10-11,14-17,19,33-35H2,1H3/p+1/t23-,26-/m0/s1. The molecule has 2 atom stereocenters. The summed E-state index contributed by atoms with van der Waals surface area (Å²) in [5.41, 5.74) is 19.4. The van der Waals surface area contributed by atoms with Gasteiger partial charge < -0.3 is 27.0 Å². The Labute approximate surface area is 237 Å². The number of carbonyl (C=O) groups excluding carboxylic acids is 2. The smallest absolute Gasteiger partial charge is 0.345 e. The number of nitrogens with zero attached hydrogens (tertiary/aromatic N) is 3. The molecule has 12 heteroatoms. The number of amides is 1. The first-order valence-corrected chi connectivity index (χ1v) is 13.6. The number of hydrogen-bond donors (Lipinski definition) is 4.